The summed E-state index contributed by atoms with van der Waals surface area (Å²) in [5.74, 6) is 0. The molecule has 3 heteroatoms. The molecule has 1 heterocycles. The molecule has 0 bridgehead atoms. The first kappa shape index (κ1) is 12.4. The van der Waals surface area contributed by atoms with Gasteiger partial charge in [0.1, 0.15) is 0 Å². The molecular formula is C14H22N2O. The summed E-state index contributed by atoms with van der Waals surface area (Å²) < 4.78 is 5.47. The molecule has 1 aliphatic rings. The third-order valence-electron chi connectivity index (χ3n) is 3.48. The zero-order chi connectivity index (χ0) is 12.3. The molecule has 1 fully saturated rings. The number of piperidine rings is 1. The number of benzene rings is 1. The first-order valence-electron chi connectivity index (χ1n) is 6.34. The molecule has 3 nitrogen and oxygen atoms in total. The van der Waals surface area contributed by atoms with E-state index < -0.39 is 0 Å². The standard InChI is InChI=1S/C14H22N2O/c1-11(15)13-7-3-4-8-14(13)16-9-5-6-12(10-16)17-2/h3-4,7-8,11-12H,5-6,9-10,15H2,1-2H3. The minimum atomic E-state index is 0.0779. The summed E-state index contributed by atoms with van der Waals surface area (Å²) in [6.45, 7) is 4.11. The van der Waals surface area contributed by atoms with Crippen molar-refractivity contribution in [3.63, 3.8) is 0 Å². The predicted molar refractivity (Wildman–Crippen MR) is 71.3 cm³/mol. The van der Waals surface area contributed by atoms with Crippen molar-refractivity contribution in [3.05, 3.63) is 29.8 Å². The fourth-order valence-corrected chi connectivity index (χ4v) is 2.51. The van der Waals surface area contributed by atoms with E-state index in [9.17, 15) is 0 Å². The van der Waals surface area contributed by atoms with Gasteiger partial charge >= 0.3 is 0 Å². The third kappa shape index (κ3) is 2.79. The highest BCUT2D eigenvalue weighted by Crippen LogP contribution is 2.28. The summed E-state index contributed by atoms with van der Waals surface area (Å²) in [6.07, 6.45) is 2.70. The Hall–Kier alpha value is -1.06. The van der Waals surface area contributed by atoms with Crippen LogP contribution in [0.1, 0.15) is 31.4 Å². The maximum absolute atomic E-state index is 6.03. The second-order valence-corrected chi connectivity index (χ2v) is 4.79. The summed E-state index contributed by atoms with van der Waals surface area (Å²) in [5, 5.41) is 0. The minimum absolute atomic E-state index is 0.0779. The lowest BCUT2D eigenvalue weighted by Crippen LogP contribution is -2.39. The maximum Gasteiger partial charge on any atom is 0.0746 e. The van der Waals surface area contributed by atoms with E-state index in [-0.39, 0.29) is 6.04 Å². The van der Waals surface area contributed by atoms with Gasteiger partial charge in [-0.1, -0.05) is 18.2 Å². The maximum atomic E-state index is 6.03. The van der Waals surface area contributed by atoms with Gasteiger partial charge in [-0.3, -0.25) is 0 Å². The number of methoxy groups -OCH3 is 1. The Labute approximate surface area is 104 Å². The molecule has 1 saturated heterocycles. The first-order valence-corrected chi connectivity index (χ1v) is 6.34. The Balaban J connectivity index is 2.21. The lowest BCUT2D eigenvalue weighted by atomic mass is 10.0. The van der Waals surface area contributed by atoms with Crippen molar-refractivity contribution in [2.75, 3.05) is 25.1 Å². The van der Waals surface area contributed by atoms with E-state index in [1.54, 1.807) is 7.11 Å². The Kier molecular flexibility index (Phi) is 4.02. The third-order valence-corrected chi connectivity index (χ3v) is 3.48. The number of hydrogen-bond donors (Lipinski definition) is 1. The molecule has 0 spiro atoms. The lowest BCUT2D eigenvalue weighted by molar-refractivity contribution is 0.0893. The number of para-hydroxylation sites is 1. The van der Waals surface area contributed by atoms with Crippen molar-refractivity contribution in [1.82, 2.24) is 0 Å². The molecule has 0 saturated carbocycles. The van der Waals surface area contributed by atoms with Gasteiger partial charge in [-0.15, -0.1) is 0 Å². The van der Waals surface area contributed by atoms with Gasteiger partial charge in [0.05, 0.1) is 6.10 Å². The molecule has 0 aliphatic carbocycles. The molecule has 17 heavy (non-hydrogen) atoms. The van der Waals surface area contributed by atoms with Gasteiger partial charge < -0.3 is 15.4 Å². The highest BCUT2D eigenvalue weighted by Gasteiger charge is 2.21. The monoisotopic (exact) mass is 234 g/mol. The average molecular weight is 234 g/mol. The van der Waals surface area contributed by atoms with E-state index in [0.717, 1.165) is 19.5 Å². The van der Waals surface area contributed by atoms with Crippen LogP contribution in [0.3, 0.4) is 0 Å². The molecule has 2 N–H and O–H groups in total. The lowest BCUT2D eigenvalue weighted by Gasteiger charge is -2.35. The van der Waals surface area contributed by atoms with E-state index >= 15 is 0 Å². The second-order valence-electron chi connectivity index (χ2n) is 4.79. The van der Waals surface area contributed by atoms with Crippen LogP contribution < -0.4 is 10.6 Å². The Morgan fingerprint density at radius 1 is 1.41 bits per heavy atom. The summed E-state index contributed by atoms with van der Waals surface area (Å²) in [5.41, 5.74) is 8.52. The van der Waals surface area contributed by atoms with Crippen molar-refractivity contribution < 1.29 is 4.74 Å². The first-order chi connectivity index (χ1) is 8.22. The van der Waals surface area contributed by atoms with Crippen LogP contribution in [-0.2, 0) is 4.74 Å². The van der Waals surface area contributed by atoms with Crippen LogP contribution in [0.25, 0.3) is 0 Å². The van der Waals surface area contributed by atoms with Crippen LogP contribution in [0.15, 0.2) is 24.3 Å². The van der Waals surface area contributed by atoms with Crippen molar-refractivity contribution >= 4 is 5.69 Å². The second kappa shape index (κ2) is 5.52. The van der Waals surface area contributed by atoms with Gasteiger partial charge in [-0.2, -0.15) is 0 Å². The topological polar surface area (TPSA) is 38.5 Å². The fourth-order valence-electron chi connectivity index (χ4n) is 2.51. The quantitative estimate of drug-likeness (QED) is 0.872. The van der Waals surface area contributed by atoms with Crippen LogP contribution >= 0.6 is 0 Å². The summed E-state index contributed by atoms with van der Waals surface area (Å²) in [6, 6.07) is 8.50. The van der Waals surface area contributed by atoms with Gasteiger partial charge in [0.2, 0.25) is 0 Å². The van der Waals surface area contributed by atoms with E-state index in [4.69, 9.17) is 10.5 Å². The highest BCUT2D eigenvalue weighted by molar-refractivity contribution is 5.55. The van der Waals surface area contributed by atoms with E-state index in [1.165, 1.54) is 17.7 Å². The van der Waals surface area contributed by atoms with Crippen molar-refractivity contribution in [2.45, 2.75) is 31.9 Å². The van der Waals surface area contributed by atoms with E-state index in [0.29, 0.717) is 6.10 Å². The number of ether oxygens (including phenoxy) is 1. The molecule has 0 radical (unpaired) electrons. The molecule has 0 aromatic heterocycles. The largest absolute Gasteiger partial charge is 0.380 e. The van der Waals surface area contributed by atoms with E-state index in [1.807, 2.05) is 6.92 Å². The predicted octanol–water partition coefficient (Wildman–Crippen LogP) is 2.32. The van der Waals surface area contributed by atoms with Crippen LogP contribution in [0.4, 0.5) is 5.69 Å². The number of hydrogen-bond acceptors (Lipinski definition) is 3. The molecule has 2 rings (SSSR count). The molecular weight excluding hydrogens is 212 g/mol. The van der Waals surface area contributed by atoms with Crippen LogP contribution in [0.2, 0.25) is 0 Å². The van der Waals surface area contributed by atoms with Gasteiger partial charge in [-0.05, 0) is 31.4 Å². The molecule has 1 aliphatic heterocycles. The van der Waals surface area contributed by atoms with Crippen molar-refractivity contribution in [3.8, 4) is 0 Å². The number of anilines is 1. The molecule has 2 atom stereocenters. The van der Waals surface area contributed by atoms with Crippen LogP contribution in [0.5, 0.6) is 0 Å². The Morgan fingerprint density at radius 3 is 2.88 bits per heavy atom. The average Bonchev–Trinajstić information content (AvgIpc) is 2.39. The Bertz CT molecular complexity index is 365. The van der Waals surface area contributed by atoms with Gasteiger partial charge in [0.25, 0.3) is 0 Å². The van der Waals surface area contributed by atoms with Crippen molar-refractivity contribution in [2.24, 2.45) is 5.73 Å². The number of rotatable bonds is 3. The molecule has 94 valence electrons. The number of nitrogens with two attached hydrogens (primary N) is 1. The summed E-state index contributed by atoms with van der Waals surface area (Å²) in [4.78, 5) is 2.40. The SMILES string of the molecule is COC1CCCN(c2ccccc2C(C)N)C1. The molecule has 2 unspecified atom stereocenters. The zero-order valence-electron chi connectivity index (χ0n) is 10.7. The molecule has 1 aromatic rings. The highest BCUT2D eigenvalue weighted by atomic mass is 16.5. The van der Waals surface area contributed by atoms with Crippen LogP contribution in [-0.4, -0.2) is 26.3 Å². The van der Waals surface area contributed by atoms with Crippen LogP contribution in [0, 0.1) is 0 Å². The molecule has 1 aromatic carbocycles. The summed E-state index contributed by atoms with van der Waals surface area (Å²) in [7, 11) is 1.80. The molecule has 0 amide bonds. The number of nitrogens with zero attached hydrogens (tertiary/aromatic N) is 1. The van der Waals surface area contributed by atoms with Gasteiger partial charge in [0, 0.05) is 31.9 Å². The summed E-state index contributed by atoms with van der Waals surface area (Å²) >= 11 is 0. The minimum Gasteiger partial charge on any atom is -0.380 e. The fraction of sp³-hybridized carbons (Fsp3) is 0.571. The normalized spacial score (nSPS) is 22.5. The Morgan fingerprint density at radius 2 is 2.18 bits per heavy atom. The van der Waals surface area contributed by atoms with E-state index in [2.05, 4.69) is 29.2 Å². The van der Waals surface area contributed by atoms with Gasteiger partial charge in [0.15, 0.2) is 0 Å². The smallest absolute Gasteiger partial charge is 0.0746 e. The van der Waals surface area contributed by atoms with Gasteiger partial charge in [-0.25, -0.2) is 0 Å². The zero-order valence-corrected chi connectivity index (χ0v) is 10.7. The van der Waals surface area contributed by atoms with Crippen molar-refractivity contribution in [1.29, 1.82) is 0 Å².